The van der Waals surface area contributed by atoms with Crippen LogP contribution in [0.25, 0.3) is 0 Å². The Morgan fingerprint density at radius 2 is 2.14 bits per heavy atom. The topological polar surface area (TPSA) is 119 Å². The monoisotopic (exact) mass is 316 g/mol. The average molecular weight is 316 g/mol. The van der Waals surface area contributed by atoms with E-state index in [1.807, 2.05) is 0 Å². The lowest BCUT2D eigenvalue weighted by Gasteiger charge is -2.07. The number of nitro groups is 1. The highest BCUT2D eigenvalue weighted by atomic mass is 32.2. The maximum Gasteiger partial charge on any atom is 0.312 e. The zero-order valence-electron chi connectivity index (χ0n) is 11.2. The van der Waals surface area contributed by atoms with E-state index in [1.165, 1.54) is 0 Å². The van der Waals surface area contributed by atoms with Gasteiger partial charge in [-0.1, -0.05) is 0 Å². The summed E-state index contributed by atoms with van der Waals surface area (Å²) in [4.78, 5) is 9.57. The smallest absolute Gasteiger partial charge is 0.312 e. The van der Waals surface area contributed by atoms with Crippen LogP contribution in [0.5, 0.6) is 5.75 Å². The number of hydrogen-bond acceptors (Lipinski definition) is 6. The number of nitrogens with zero attached hydrogens (tertiary/aromatic N) is 1. The molecule has 116 valence electrons. The van der Waals surface area contributed by atoms with Crippen LogP contribution in [0.2, 0.25) is 0 Å². The van der Waals surface area contributed by atoms with Gasteiger partial charge in [0, 0.05) is 19.2 Å². The summed E-state index contributed by atoms with van der Waals surface area (Å²) < 4.78 is 31.5. The Balaban J connectivity index is 1.94. The van der Waals surface area contributed by atoms with Crippen LogP contribution in [0.3, 0.4) is 0 Å². The summed E-state index contributed by atoms with van der Waals surface area (Å²) in [7, 11) is -3.86. The normalized spacial score (nSPS) is 15.0. The van der Waals surface area contributed by atoms with Gasteiger partial charge in [0.2, 0.25) is 10.0 Å². The van der Waals surface area contributed by atoms with Crippen LogP contribution in [0, 0.1) is 16.0 Å². The van der Waals surface area contributed by atoms with Crippen LogP contribution in [-0.2, 0) is 14.8 Å². The molecule has 21 heavy (non-hydrogen) atoms. The summed E-state index contributed by atoms with van der Waals surface area (Å²) in [5.41, 5.74) is -0.650. The Morgan fingerprint density at radius 1 is 1.43 bits per heavy atom. The van der Waals surface area contributed by atoms with Crippen LogP contribution in [0.15, 0.2) is 23.1 Å². The fraction of sp³-hybridized carbons (Fsp3) is 0.500. The second-order valence-corrected chi connectivity index (χ2v) is 6.59. The zero-order chi connectivity index (χ0) is 15.5. The highest BCUT2D eigenvalue weighted by Crippen LogP contribution is 2.29. The van der Waals surface area contributed by atoms with Crippen molar-refractivity contribution < 1.29 is 23.2 Å². The van der Waals surface area contributed by atoms with Crippen molar-refractivity contribution >= 4 is 15.7 Å². The van der Waals surface area contributed by atoms with E-state index in [9.17, 15) is 23.6 Å². The Hall–Kier alpha value is -1.71. The fourth-order valence-corrected chi connectivity index (χ4v) is 2.72. The number of nitro benzene ring substituents is 1. The van der Waals surface area contributed by atoms with Gasteiger partial charge in [-0.05, 0) is 30.9 Å². The molecule has 1 saturated carbocycles. The van der Waals surface area contributed by atoms with Crippen LogP contribution in [0.4, 0.5) is 5.69 Å². The van der Waals surface area contributed by atoms with Crippen molar-refractivity contribution in [3.63, 3.8) is 0 Å². The van der Waals surface area contributed by atoms with Crippen molar-refractivity contribution in [3.05, 3.63) is 28.3 Å². The average Bonchev–Trinajstić information content (AvgIpc) is 3.22. The first kappa shape index (κ1) is 15.7. The summed E-state index contributed by atoms with van der Waals surface area (Å²) in [5, 5.41) is 20.0. The van der Waals surface area contributed by atoms with Gasteiger partial charge in [-0.25, -0.2) is 13.1 Å². The van der Waals surface area contributed by atoms with Gasteiger partial charge in [0.05, 0.1) is 16.4 Å². The van der Waals surface area contributed by atoms with Gasteiger partial charge in [0.25, 0.3) is 0 Å². The largest absolute Gasteiger partial charge is 0.502 e. The number of phenols is 1. The van der Waals surface area contributed by atoms with Crippen molar-refractivity contribution in [2.75, 3.05) is 19.8 Å². The molecule has 0 aromatic heterocycles. The molecule has 1 aliphatic carbocycles. The van der Waals surface area contributed by atoms with Crippen molar-refractivity contribution in [3.8, 4) is 5.75 Å². The van der Waals surface area contributed by atoms with E-state index in [0.29, 0.717) is 12.5 Å². The molecule has 8 nitrogen and oxygen atoms in total. The minimum atomic E-state index is -3.86. The third kappa shape index (κ3) is 4.38. The maximum absolute atomic E-state index is 12.0. The summed E-state index contributed by atoms with van der Waals surface area (Å²) in [6.07, 6.45) is 2.31. The number of rotatable bonds is 8. The van der Waals surface area contributed by atoms with Crippen molar-refractivity contribution in [1.82, 2.24) is 4.72 Å². The highest BCUT2D eigenvalue weighted by Gasteiger charge is 2.22. The summed E-state index contributed by atoms with van der Waals surface area (Å²) in [6, 6.07) is 2.91. The molecule has 0 heterocycles. The predicted octanol–water partition coefficient (Wildman–Crippen LogP) is 1.01. The Kier molecular flexibility index (Phi) is 4.76. The molecule has 9 heteroatoms. The molecule has 1 aromatic carbocycles. The first-order valence-corrected chi connectivity index (χ1v) is 7.93. The van der Waals surface area contributed by atoms with E-state index in [4.69, 9.17) is 4.74 Å². The van der Waals surface area contributed by atoms with Crippen molar-refractivity contribution in [1.29, 1.82) is 0 Å². The third-order valence-corrected chi connectivity index (χ3v) is 4.50. The second kappa shape index (κ2) is 6.37. The first-order chi connectivity index (χ1) is 9.90. The number of hydrogen-bond donors (Lipinski definition) is 2. The molecular formula is C12H16N2O6S. The highest BCUT2D eigenvalue weighted by molar-refractivity contribution is 7.89. The molecule has 0 radical (unpaired) electrons. The SMILES string of the molecule is O=[N+]([O-])c1cc(S(=O)(=O)NCCOCC2CC2)ccc1O. The van der Waals surface area contributed by atoms with E-state index in [2.05, 4.69) is 4.72 Å². The Bertz CT molecular complexity index is 627. The number of ether oxygens (including phenoxy) is 1. The van der Waals surface area contributed by atoms with E-state index >= 15 is 0 Å². The molecule has 1 fully saturated rings. The quantitative estimate of drug-likeness (QED) is 0.419. The number of sulfonamides is 1. The number of nitrogens with one attached hydrogen (secondary N) is 1. The second-order valence-electron chi connectivity index (χ2n) is 4.82. The number of aromatic hydroxyl groups is 1. The Morgan fingerprint density at radius 3 is 2.76 bits per heavy atom. The summed E-state index contributed by atoms with van der Waals surface area (Å²) in [5.74, 6) is 0.0214. The van der Waals surface area contributed by atoms with E-state index < -0.39 is 26.4 Å². The molecule has 0 bridgehead atoms. The first-order valence-electron chi connectivity index (χ1n) is 6.45. The lowest BCUT2D eigenvalue weighted by Crippen LogP contribution is -2.27. The summed E-state index contributed by atoms with van der Waals surface area (Å²) >= 11 is 0. The fourth-order valence-electron chi connectivity index (χ4n) is 1.68. The molecule has 0 spiro atoms. The van der Waals surface area contributed by atoms with Gasteiger partial charge in [-0.3, -0.25) is 10.1 Å². The van der Waals surface area contributed by atoms with Crippen molar-refractivity contribution in [2.24, 2.45) is 5.92 Å². The van der Waals surface area contributed by atoms with Crippen LogP contribution < -0.4 is 4.72 Å². The van der Waals surface area contributed by atoms with E-state index in [1.54, 1.807) is 0 Å². The molecule has 0 amide bonds. The molecule has 0 aliphatic heterocycles. The van der Waals surface area contributed by atoms with Gasteiger partial charge < -0.3 is 9.84 Å². The van der Waals surface area contributed by atoms with Gasteiger partial charge in [-0.15, -0.1) is 0 Å². The molecule has 2 rings (SSSR count). The zero-order valence-corrected chi connectivity index (χ0v) is 12.0. The lowest BCUT2D eigenvalue weighted by atomic mass is 10.3. The number of benzene rings is 1. The summed E-state index contributed by atoms with van der Waals surface area (Å²) in [6.45, 7) is 0.964. The van der Waals surface area contributed by atoms with Gasteiger partial charge >= 0.3 is 5.69 Å². The van der Waals surface area contributed by atoms with Gasteiger partial charge in [-0.2, -0.15) is 0 Å². The minimum Gasteiger partial charge on any atom is -0.502 e. The van der Waals surface area contributed by atoms with Crippen LogP contribution in [0.1, 0.15) is 12.8 Å². The maximum atomic E-state index is 12.0. The van der Waals surface area contributed by atoms with Crippen LogP contribution in [-0.4, -0.2) is 38.2 Å². The lowest BCUT2D eigenvalue weighted by molar-refractivity contribution is -0.386. The molecule has 1 aliphatic rings. The van der Waals surface area contributed by atoms with Crippen LogP contribution >= 0.6 is 0 Å². The molecule has 0 unspecified atom stereocenters. The van der Waals surface area contributed by atoms with Crippen molar-refractivity contribution in [2.45, 2.75) is 17.7 Å². The Labute approximate surface area is 121 Å². The molecule has 0 saturated heterocycles. The molecule has 2 N–H and O–H groups in total. The van der Waals surface area contributed by atoms with Gasteiger partial charge in [0.15, 0.2) is 5.75 Å². The van der Waals surface area contributed by atoms with Gasteiger partial charge in [0.1, 0.15) is 0 Å². The minimum absolute atomic E-state index is 0.0870. The van der Waals surface area contributed by atoms with E-state index in [-0.39, 0.29) is 18.0 Å². The predicted molar refractivity (Wildman–Crippen MR) is 73.5 cm³/mol. The third-order valence-electron chi connectivity index (χ3n) is 3.04. The van der Waals surface area contributed by atoms with E-state index in [0.717, 1.165) is 31.0 Å². The number of phenolic OH excluding ortho intramolecular Hbond substituents is 1. The standard InChI is InChI=1S/C12H16N2O6S/c15-12-4-3-10(7-11(12)14(16)17)21(18,19)13-5-6-20-8-9-1-2-9/h3-4,7,9,13,15H,1-2,5-6,8H2. The molecule has 0 atom stereocenters. The molecule has 1 aromatic rings. The molecular weight excluding hydrogens is 300 g/mol.